The van der Waals surface area contributed by atoms with E-state index < -0.39 is 11.2 Å². The molecule has 1 unspecified atom stereocenters. The number of H-pyrrole nitrogens is 1. The van der Waals surface area contributed by atoms with Gasteiger partial charge in [0.05, 0.1) is 31.0 Å². The zero-order valence-electron chi connectivity index (χ0n) is 16.9. The van der Waals surface area contributed by atoms with E-state index in [9.17, 15) is 9.59 Å². The Morgan fingerprint density at radius 1 is 1.37 bits per heavy atom. The van der Waals surface area contributed by atoms with Crippen LogP contribution in [-0.4, -0.2) is 66.0 Å². The summed E-state index contributed by atoms with van der Waals surface area (Å²) in [6, 6.07) is 1.79. The standard InChI is InChI=1S/C19H31N3O5/c1-6-25-16(23)15-14(7-9-21-15)20-10-12-26-19(5)8-11-22(13-19)17(24)27-18(2,3)4/h7,9,20-21H,6,8,10-13H2,1-5H3. The molecule has 27 heavy (non-hydrogen) atoms. The van der Waals surface area contributed by atoms with Gasteiger partial charge in [-0.05, 0) is 47.1 Å². The summed E-state index contributed by atoms with van der Waals surface area (Å²) in [5, 5.41) is 3.18. The minimum Gasteiger partial charge on any atom is -0.461 e. The van der Waals surface area contributed by atoms with Crippen LogP contribution in [0.2, 0.25) is 0 Å². The number of esters is 1. The minimum atomic E-state index is -0.506. The molecule has 1 aliphatic rings. The maximum Gasteiger partial charge on any atom is 0.410 e. The summed E-state index contributed by atoms with van der Waals surface area (Å²) in [6.45, 7) is 11.8. The molecule has 152 valence electrons. The van der Waals surface area contributed by atoms with Gasteiger partial charge in [-0.2, -0.15) is 0 Å². The maximum absolute atomic E-state index is 12.2. The van der Waals surface area contributed by atoms with Crippen molar-refractivity contribution < 1.29 is 23.8 Å². The zero-order valence-corrected chi connectivity index (χ0v) is 16.9. The number of carbonyl (C=O) groups excluding carboxylic acids is 2. The molecule has 0 spiro atoms. The Morgan fingerprint density at radius 3 is 2.78 bits per heavy atom. The Kier molecular flexibility index (Phi) is 6.75. The highest BCUT2D eigenvalue weighted by atomic mass is 16.6. The van der Waals surface area contributed by atoms with Gasteiger partial charge in [0.2, 0.25) is 0 Å². The quantitative estimate of drug-likeness (QED) is 0.557. The molecule has 1 aromatic heterocycles. The molecular formula is C19H31N3O5. The first-order valence-corrected chi connectivity index (χ1v) is 9.34. The van der Waals surface area contributed by atoms with Crippen molar-refractivity contribution in [3.8, 4) is 0 Å². The van der Waals surface area contributed by atoms with E-state index in [0.29, 0.717) is 44.2 Å². The molecule has 2 heterocycles. The van der Waals surface area contributed by atoms with Gasteiger partial charge in [0, 0.05) is 19.3 Å². The minimum absolute atomic E-state index is 0.306. The Balaban J connectivity index is 1.77. The number of likely N-dealkylation sites (tertiary alicyclic amines) is 1. The van der Waals surface area contributed by atoms with Gasteiger partial charge in [-0.25, -0.2) is 9.59 Å². The van der Waals surface area contributed by atoms with Crippen molar-refractivity contribution in [2.24, 2.45) is 0 Å². The van der Waals surface area contributed by atoms with Gasteiger partial charge in [0.25, 0.3) is 0 Å². The van der Waals surface area contributed by atoms with Crippen LogP contribution < -0.4 is 5.32 Å². The summed E-state index contributed by atoms with van der Waals surface area (Å²) in [5.74, 6) is -0.387. The van der Waals surface area contributed by atoms with Gasteiger partial charge in [-0.1, -0.05) is 0 Å². The third kappa shape index (κ3) is 6.16. The molecule has 8 nitrogen and oxygen atoms in total. The summed E-state index contributed by atoms with van der Waals surface area (Å²) in [6.07, 6.45) is 2.14. The highest BCUT2D eigenvalue weighted by Crippen LogP contribution is 2.26. The summed E-state index contributed by atoms with van der Waals surface area (Å²) < 4.78 is 16.4. The summed E-state index contributed by atoms with van der Waals surface area (Å²) in [4.78, 5) is 28.6. The fraction of sp³-hybridized carbons (Fsp3) is 0.684. The van der Waals surface area contributed by atoms with Gasteiger partial charge in [0.15, 0.2) is 0 Å². The molecule has 1 aliphatic heterocycles. The molecule has 1 atom stereocenters. The Morgan fingerprint density at radius 2 is 2.11 bits per heavy atom. The third-order valence-electron chi connectivity index (χ3n) is 4.18. The summed E-state index contributed by atoms with van der Waals surface area (Å²) in [5.41, 5.74) is 0.179. The lowest BCUT2D eigenvalue weighted by Crippen LogP contribution is -2.39. The van der Waals surface area contributed by atoms with Crippen LogP contribution in [0.25, 0.3) is 0 Å². The molecule has 0 radical (unpaired) electrons. The van der Waals surface area contributed by atoms with Gasteiger partial charge >= 0.3 is 12.1 Å². The highest BCUT2D eigenvalue weighted by molar-refractivity contribution is 5.93. The van der Waals surface area contributed by atoms with Crippen molar-refractivity contribution >= 4 is 17.7 Å². The van der Waals surface area contributed by atoms with E-state index in [1.807, 2.05) is 27.7 Å². The fourth-order valence-corrected chi connectivity index (χ4v) is 2.91. The molecule has 1 aromatic rings. The summed E-state index contributed by atoms with van der Waals surface area (Å²) >= 11 is 0. The van der Waals surface area contributed by atoms with Crippen molar-refractivity contribution in [3.05, 3.63) is 18.0 Å². The number of hydrogen-bond acceptors (Lipinski definition) is 6. The van der Waals surface area contributed by atoms with Crippen LogP contribution in [-0.2, 0) is 14.2 Å². The van der Waals surface area contributed by atoms with Crippen LogP contribution >= 0.6 is 0 Å². The van der Waals surface area contributed by atoms with E-state index in [1.54, 1.807) is 24.1 Å². The van der Waals surface area contributed by atoms with Crippen LogP contribution in [0.4, 0.5) is 10.5 Å². The number of aromatic amines is 1. The number of amides is 1. The molecule has 2 N–H and O–H groups in total. The van der Waals surface area contributed by atoms with Crippen LogP contribution in [0.5, 0.6) is 0 Å². The first kappa shape index (κ1) is 21.1. The number of nitrogens with zero attached hydrogens (tertiary/aromatic N) is 1. The molecule has 1 amide bonds. The van der Waals surface area contributed by atoms with Crippen molar-refractivity contribution in [3.63, 3.8) is 0 Å². The second kappa shape index (κ2) is 8.65. The number of nitrogens with one attached hydrogen (secondary N) is 2. The first-order chi connectivity index (χ1) is 12.6. The largest absolute Gasteiger partial charge is 0.461 e. The third-order valence-corrected chi connectivity index (χ3v) is 4.18. The monoisotopic (exact) mass is 381 g/mol. The number of hydrogen-bond donors (Lipinski definition) is 2. The lowest BCUT2D eigenvalue weighted by Gasteiger charge is -2.27. The average molecular weight is 381 g/mol. The number of aromatic nitrogens is 1. The second-order valence-corrected chi connectivity index (χ2v) is 7.86. The Bertz CT molecular complexity index is 652. The van der Waals surface area contributed by atoms with Crippen molar-refractivity contribution in [2.45, 2.75) is 52.2 Å². The van der Waals surface area contributed by atoms with Gasteiger partial charge < -0.3 is 29.4 Å². The molecule has 0 aromatic carbocycles. The molecule has 1 fully saturated rings. The Hall–Kier alpha value is -2.22. The van der Waals surface area contributed by atoms with Crippen LogP contribution in [0.15, 0.2) is 12.3 Å². The predicted octanol–water partition coefficient (Wildman–Crippen LogP) is 3.02. The van der Waals surface area contributed by atoms with Gasteiger partial charge in [-0.15, -0.1) is 0 Å². The Labute approximate surface area is 160 Å². The van der Waals surface area contributed by atoms with Crippen LogP contribution in [0.3, 0.4) is 0 Å². The molecule has 8 heteroatoms. The van der Waals surface area contributed by atoms with E-state index in [4.69, 9.17) is 14.2 Å². The fourth-order valence-electron chi connectivity index (χ4n) is 2.91. The van der Waals surface area contributed by atoms with Crippen molar-refractivity contribution in [1.29, 1.82) is 0 Å². The topological polar surface area (TPSA) is 92.9 Å². The van der Waals surface area contributed by atoms with Crippen molar-refractivity contribution in [1.82, 2.24) is 9.88 Å². The van der Waals surface area contributed by atoms with E-state index in [-0.39, 0.29) is 12.1 Å². The van der Waals surface area contributed by atoms with E-state index in [0.717, 1.165) is 6.42 Å². The number of carbonyl (C=O) groups is 2. The lowest BCUT2D eigenvalue weighted by atomic mass is 10.1. The molecule has 0 aliphatic carbocycles. The van der Waals surface area contributed by atoms with Crippen molar-refractivity contribution in [2.75, 3.05) is 38.2 Å². The van der Waals surface area contributed by atoms with E-state index in [2.05, 4.69) is 10.3 Å². The van der Waals surface area contributed by atoms with Crippen LogP contribution in [0, 0.1) is 0 Å². The smallest absolute Gasteiger partial charge is 0.410 e. The highest BCUT2D eigenvalue weighted by Gasteiger charge is 2.38. The number of anilines is 1. The number of rotatable bonds is 7. The van der Waals surface area contributed by atoms with E-state index >= 15 is 0 Å². The molecular weight excluding hydrogens is 350 g/mol. The van der Waals surface area contributed by atoms with Crippen LogP contribution in [0.1, 0.15) is 51.5 Å². The molecule has 1 saturated heterocycles. The van der Waals surface area contributed by atoms with Gasteiger partial charge in [0.1, 0.15) is 11.3 Å². The molecule has 2 rings (SSSR count). The lowest BCUT2D eigenvalue weighted by molar-refractivity contribution is -0.0224. The first-order valence-electron chi connectivity index (χ1n) is 9.34. The predicted molar refractivity (Wildman–Crippen MR) is 102 cm³/mol. The summed E-state index contributed by atoms with van der Waals surface area (Å²) in [7, 11) is 0. The molecule has 0 saturated carbocycles. The SMILES string of the molecule is CCOC(=O)c1[nH]ccc1NCCOC1(C)CCN(C(=O)OC(C)(C)C)C1. The van der Waals surface area contributed by atoms with Gasteiger partial charge in [-0.3, -0.25) is 0 Å². The normalized spacial score (nSPS) is 19.8. The maximum atomic E-state index is 12.2. The van der Waals surface area contributed by atoms with E-state index in [1.165, 1.54) is 0 Å². The molecule has 0 bridgehead atoms. The zero-order chi connectivity index (χ0) is 20.1. The second-order valence-electron chi connectivity index (χ2n) is 7.86. The average Bonchev–Trinajstić information content (AvgIpc) is 3.17. The number of ether oxygens (including phenoxy) is 3.